The quantitative estimate of drug-likeness (QED) is 0.435. The van der Waals surface area contributed by atoms with Crippen LogP contribution in [0.1, 0.15) is 30.7 Å². The zero-order valence-electron chi connectivity index (χ0n) is 17.2. The average molecular weight is 395 g/mol. The third-order valence-corrected chi connectivity index (χ3v) is 4.73. The molecule has 0 amide bonds. The number of hydrogen-bond donors (Lipinski definition) is 1. The molecule has 0 aliphatic heterocycles. The van der Waals surface area contributed by atoms with Crippen LogP contribution < -0.4 is 5.32 Å². The number of nitrogens with zero attached hydrogens (tertiary/aromatic N) is 2. The van der Waals surface area contributed by atoms with Gasteiger partial charge in [0.05, 0.1) is 5.52 Å². The van der Waals surface area contributed by atoms with Crippen molar-refractivity contribution in [1.82, 2.24) is 9.97 Å². The normalized spacial score (nSPS) is 10.7. The second kappa shape index (κ2) is 8.34. The van der Waals surface area contributed by atoms with Crippen LogP contribution in [0.15, 0.2) is 66.9 Å². The Bertz CT molecular complexity index is 1250. The number of pyridine rings is 2. The van der Waals surface area contributed by atoms with Gasteiger partial charge >= 0.3 is 0 Å². The highest BCUT2D eigenvalue weighted by atomic mass is 19.1. The van der Waals surface area contributed by atoms with Crippen LogP contribution in [0.3, 0.4) is 0 Å². The summed E-state index contributed by atoms with van der Waals surface area (Å²) < 4.78 is 13.1. The van der Waals surface area contributed by atoms with Gasteiger partial charge in [0.1, 0.15) is 17.3 Å². The first kappa shape index (κ1) is 19.6. The van der Waals surface area contributed by atoms with Crippen molar-refractivity contribution in [3.05, 3.63) is 89.5 Å². The van der Waals surface area contributed by atoms with E-state index in [2.05, 4.69) is 60.0 Å². The van der Waals surface area contributed by atoms with Crippen molar-refractivity contribution in [3.8, 4) is 23.0 Å². The fraction of sp³-hybridized carbons (Fsp3) is 0.154. The van der Waals surface area contributed by atoms with Gasteiger partial charge in [-0.15, -0.1) is 0 Å². The summed E-state index contributed by atoms with van der Waals surface area (Å²) in [7, 11) is 0. The van der Waals surface area contributed by atoms with Gasteiger partial charge in [-0.1, -0.05) is 24.1 Å². The maximum absolute atomic E-state index is 13.1. The molecule has 1 N–H and O–H groups in total. The lowest BCUT2D eigenvalue weighted by Crippen LogP contribution is -2.11. The van der Waals surface area contributed by atoms with Crippen LogP contribution in [0.25, 0.3) is 22.0 Å². The molecule has 148 valence electrons. The van der Waals surface area contributed by atoms with Crippen LogP contribution in [0, 0.1) is 24.6 Å². The van der Waals surface area contributed by atoms with Crippen molar-refractivity contribution < 1.29 is 4.39 Å². The Balaban J connectivity index is 1.57. The maximum Gasteiger partial charge on any atom is 0.127 e. The SMILES string of the molecule is Cc1cc(NC(C)C)nc2ccc(C#Cc3ccc(-c4ccc(F)cc4)cn3)cc12. The first-order valence-electron chi connectivity index (χ1n) is 9.90. The number of aromatic nitrogens is 2. The standard InChI is InChI=1S/C26H22FN3/c1-17(2)29-26-14-18(3)24-15-19(5-13-25(24)30-26)4-11-23-12-8-21(16-28-23)20-6-9-22(27)10-7-20/h5-10,12-17H,1-3H3,(H,29,30). The van der Waals surface area contributed by atoms with E-state index in [-0.39, 0.29) is 5.82 Å². The van der Waals surface area contributed by atoms with Crippen LogP contribution in [-0.2, 0) is 0 Å². The monoisotopic (exact) mass is 395 g/mol. The van der Waals surface area contributed by atoms with E-state index in [0.717, 1.165) is 39.0 Å². The highest BCUT2D eigenvalue weighted by Gasteiger charge is 2.05. The highest BCUT2D eigenvalue weighted by Crippen LogP contribution is 2.22. The van der Waals surface area contributed by atoms with Gasteiger partial charge in [0.25, 0.3) is 0 Å². The third-order valence-electron chi connectivity index (χ3n) is 4.73. The summed E-state index contributed by atoms with van der Waals surface area (Å²) in [5.41, 5.74) is 5.57. The van der Waals surface area contributed by atoms with Crippen LogP contribution >= 0.6 is 0 Å². The minimum Gasteiger partial charge on any atom is -0.368 e. The molecule has 4 heteroatoms. The minimum absolute atomic E-state index is 0.248. The molecular formula is C26H22FN3. The van der Waals surface area contributed by atoms with E-state index in [1.807, 2.05) is 24.3 Å². The molecule has 2 heterocycles. The van der Waals surface area contributed by atoms with Crippen molar-refractivity contribution in [2.45, 2.75) is 26.8 Å². The molecule has 0 aliphatic carbocycles. The number of aryl methyl sites for hydroxylation is 1. The smallest absolute Gasteiger partial charge is 0.127 e. The van der Waals surface area contributed by atoms with E-state index in [1.165, 1.54) is 12.1 Å². The lowest BCUT2D eigenvalue weighted by atomic mass is 10.1. The Morgan fingerprint density at radius 2 is 1.67 bits per heavy atom. The fourth-order valence-corrected chi connectivity index (χ4v) is 3.26. The Morgan fingerprint density at radius 3 is 2.37 bits per heavy atom. The summed E-state index contributed by atoms with van der Waals surface area (Å²) in [6.07, 6.45) is 1.76. The van der Waals surface area contributed by atoms with Gasteiger partial charge < -0.3 is 5.32 Å². The van der Waals surface area contributed by atoms with Crippen molar-refractivity contribution in [1.29, 1.82) is 0 Å². The van der Waals surface area contributed by atoms with Crippen molar-refractivity contribution in [2.24, 2.45) is 0 Å². The second-order valence-corrected chi connectivity index (χ2v) is 7.54. The average Bonchev–Trinajstić information content (AvgIpc) is 2.73. The van der Waals surface area contributed by atoms with Gasteiger partial charge in [0.15, 0.2) is 0 Å². The van der Waals surface area contributed by atoms with Gasteiger partial charge in [-0.2, -0.15) is 0 Å². The lowest BCUT2D eigenvalue weighted by molar-refractivity contribution is 0.628. The maximum atomic E-state index is 13.1. The van der Waals surface area contributed by atoms with Crippen molar-refractivity contribution in [2.75, 3.05) is 5.32 Å². The first-order chi connectivity index (χ1) is 14.5. The summed E-state index contributed by atoms with van der Waals surface area (Å²) in [6, 6.07) is 18.6. The van der Waals surface area contributed by atoms with Crippen LogP contribution in [0.4, 0.5) is 10.2 Å². The molecule has 0 aliphatic rings. The summed E-state index contributed by atoms with van der Waals surface area (Å²) >= 11 is 0. The highest BCUT2D eigenvalue weighted by molar-refractivity contribution is 5.85. The van der Waals surface area contributed by atoms with Gasteiger partial charge in [-0.3, -0.25) is 0 Å². The summed E-state index contributed by atoms with van der Waals surface area (Å²) in [6.45, 7) is 6.28. The number of fused-ring (bicyclic) bond motifs is 1. The van der Waals surface area contributed by atoms with E-state index in [9.17, 15) is 4.39 Å². The number of anilines is 1. The Hall–Kier alpha value is -3.71. The van der Waals surface area contributed by atoms with E-state index < -0.39 is 0 Å². The summed E-state index contributed by atoms with van der Waals surface area (Å²) in [4.78, 5) is 9.11. The molecule has 0 spiro atoms. The molecule has 4 aromatic rings. The number of benzene rings is 2. The van der Waals surface area contributed by atoms with Crippen molar-refractivity contribution in [3.63, 3.8) is 0 Å². The Labute approximate surface area is 176 Å². The third kappa shape index (κ3) is 4.47. The lowest BCUT2D eigenvalue weighted by Gasteiger charge is -2.11. The molecule has 30 heavy (non-hydrogen) atoms. The van der Waals surface area contributed by atoms with E-state index in [0.29, 0.717) is 11.7 Å². The van der Waals surface area contributed by atoms with E-state index in [4.69, 9.17) is 0 Å². The predicted octanol–water partition coefficient (Wildman–Crippen LogP) is 5.96. The van der Waals surface area contributed by atoms with Gasteiger partial charge in [0.2, 0.25) is 0 Å². The minimum atomic E-state index is -0.248. The van der Waals surface area contributed by atoms with Gasteiger partial charge in [-0.25, -0.2) is 14.4 Å². The second-order valence-electron chi connectivity index (χ2n) is 7.54. The van der Waals surface area contributed by atoms with Gasteiger partial charge in [0, 0.05) is 28.8 Å². The molecule has 0 radical (unpaired) electrons. The number of halogens is 1. The summed E-state index contributed by atoms with van der Waals surface area (Å²) in [5, 5.41) is 4.45. The molecular weight excluding hydrogens is 373 g/mol. The zero-order chi connectivity index (χ0) is 21.1. The molecule has 2 aromatic carbocycles. The van der Waals surface area contributed by atoms with Crippen LogP contribution in [-0.4, -0.2) is 16.0 Å². The van der Waals surface area contributed by atoms with Crippen molar-refractivity contribution >= 4 is 16.7 Å². The van der Waals surface area contributed by atoms with E-state index in [1.54, 1.807) is 18.3 Å². The zero-order valence-corrected chi connectivity index (χ0v) is 17.2. The first-order valence-corrected chi connectivity index (χ1v) is 9.90. The Morgan fingerprint density at radius 1 is 0.900 bits per heavy atom. The molecule has 0 fully saturated rings. The molecule has 0 bridgehead atoms. The molecule has 0 saturated carbocycles. The predicted molar refractivity (Wildman–Crippen MR) is 121 cm³/mol. The molecule has 0 atom stereocenters. The molecule has 0 saturated heterocycles. The number of hydrogen-bond acceptors (Lipinski definition) is 3. The van der Waals surface area contributed by atoms with Crippen LogP contribution in [0.2, 0.25) is 0 Å². The molecule has 4 rings (SSSR count). The van der Waals surface area contributed by atoms with E-state index >= 15 is 0 Å². The molecule has 2 aromatic heterocycles. The largest absolute Gasteiger partial charge is 0.368 e. The van der Waals surface area contributed by atoms with Crippen LogP contribution in [0.5, 0.6) is 0 Å². The number of rotatable bonds is 3. The fourth-order valence-electron chi connectivity index (χ4n) is 3.26. The Kier molecular flexibility index (Phi) is 5.45. The molecule has 0 unspecified atom stereocenters. The topological polar surface area (TPSA) is 37.8 Å². The molecule has 3 nitrogen and oxygen atoms in total. The van der Waals surface area contributed by atoms with Gasteiger partial charge in [-0.05, 0) is 80.3 Å². The number of nitrogens with one attached hydrogen (secondary N) is 1. The summed E-state index contributed by atoms with van der Waals surface area (Å²) in [5.74, 6) is 6.95.